The first-order valence-corrected chi connectivity index (χ1v) is 6.10. The lowest BCUT2D eigenvalue weighted by atomic mass is 9.75. The van der Waals surface area contributed by atoms with Crippen LogP contribution in [0.5, 0.6) is 0 Å². The van der Waals surface area contributed by atoms with Crippen LogP contribution in [0, 0.1) is 11.3 Å². The molecular weight excluding hydrogens is 156 g/mol. The summed E-state index contributed by atoms with van der Waals surface area (Å²) in [5, 5.41) is 0. The minimum atomic E-state index is 0.662. The molecule has 80 valence electrons. The Kier molecular flexibility index (Phi) is 6.45. The summed E-state index contributed by atoms with van der Waals surface area (Å²) in [7, 11) is 0. The molecule has 0 N–H and O–H groups in total. The van der Waals surface area contributed by atoms with Crippen LogP contribution < -0.4 is 0 Å². The Bertz CT molecular complexity index is 101. The van der Waals surface area contributed by atoms with Crippen LogP contribution in [-0.2, 0) is 0 Å². The van der Waals surface area contributed by atoms with Gasteiger partial charge in [-0.2, -0.15) is 0 Å². The molecule has 0 rings (SSSR count). The van der Waals surface area contributed by atoms with E-state index in [0.29, 0.717) is 5.41 Å². The van der Waals surface area contributed by atoms with Crippen LogP contribution in [-0.4, -0.2) is 0 Å². The van der Waals surface area contributed by atoms with Crippen LogP contribution in [0.15, 0.2) is 0 Å². The quantitative estimate of drug-likeness (QED) is 0.520. The predicted octanol–water partition coefficient (Wildman–Crippen LogP) is 5.03. The van der Waals surface area contributed by atoms with Crippen LogP contribution in [0.2, 0.25) is 0 Å². The van der Waals surface area contributed by atoms with E-state index < -0.39 is 0 Å². The highest BCUT2D eigenvalue weighted by molar-refractivity contribution is 4.74. The lowest BCUT2D eigenvalue weighted by Gasteiger charge is -2.30. The van der Waals surface area contributed by atoms with Gasteiger partial charge in [0.2, 0.25) is 0 Å². The maximum atomic E-state index is 2.35. The lowest BCUT2D eigenvalue weighted by molar-refractivity contribution is 0.217. The molecule has 0 bridgehead atoms. The molecule has 0 saturated carbocycles. The summed E-state index contributed by atoms with van der Waals surface area (Å²) in [6.45, 7) is 11.7. The van der Waals surface area contributed by atoms with Crippen molar-refractivity contribution in [3.8, 4) is 0 Å². The molecule has 0 amide bonds. The van der Waals surface area contributed by atoms with Gasteiger partial charge in [-0.1, -0.05) is 66.7 Å². The van der Waals surface area contributed by atoms with E-state index in [1.165, 1.54) is 38.5 Å². The SMILES string of the molecule is CCC(CC)(CC)CCCC(C)C. The van der Waals surface area contributed by atoms with Crippen molar-refractivity contribution < 1.29 is 0 Å². The smallest absolute Gasteiger partial charge is 0.0305 e. The van der Waals surface area contributed by atoms with Gasteiger partial charge in [0.1, 0.15) is 0 Å². The van der Waals surface area contributed by atoms with E-state index in [0.717, 1.165) is 5.92 Å². The summed E-state index contributed by atoms with van der Waals surface area (Å²) >= 11 is 0. The summed E-state index contributed by atoms with van der Waals surface area (Å²) < 4.78 is 0. The molecule has 0 aliphatic heterocycles. The third-order valence-corrected chi connectivity index (χ3v) is 3.74. The molecule has 0 nitrogen and oxygen atoms in total. The van der Waals surface area contributed by atoms with Crippen molar-refractivity contribution >= 4 is 0 Å². The molecule has 13 heavy (non-hydrogen) atoms. The zero-order valence-corrected chi connectivity index (χ0v) is 10.3. The Labute approximate surface area is 85.1 Å². The van der Waals surface area contributed by atoms with Gasteiger partial charge in [-0.25, -0.2) is 0 Å². The molecule has 0 aromatic carbocycles. The Balaban J connectivity index is 3.81. The second-order valence-electron chi connectivity index (χ2n) is 4.85. The Morgan fingerprint density at radius 2 is 1.38 bits per heavy atom. The van der Waals surface area contributed by atoms with Gasteiger partial charge in [0.15, 0.2) is 0 Å². The van der Waals surface area contributed by atoms with Crippen molar-refractivity contribution in [3.63, 3.8) is 0 Å². The number of hydrogen-bond donors (Lipinski definition) is 0. The molecule has 0 aromatic heterocycles. The third-order valence-electron chi connectivity index (χ3n) is 3.74. The summed E-state index contributed by atoms with van der Waals surface area (Å²) in [6, 6.07) is 0. The Morgan fingerprint density at radius 3 is 1.69 bits per heavy atom. The molecule has 0 radical (unpaired) electrons. The Morgan fingerprint density at radius 1 is 0.923 bits per heavy atom. The van der Waals surface area contributed by atoms with E-state index in [-0.39, 0.29) is 0 Å². The average molecular weight is 184 g/mol. The van der Waals surface area contributed by atoms with E-state index in [1.54, 1.807) is 0 Å². The summed E-state index contributed by atoms with van der Waals surface area (Å²) in [5.74, 6) is 0.878. The van der Waals surface area contributed by atoms with Crippen LogP contribution in [0.25, 0.3) is 0 Å². The molecule has 0 aromatic rings. The van der Waals surface area contributed by atoms with Crippen molar-refractivity contribution in [3.05, 3.63) is 0 Å². The number of rotatable bonds is 7. The summed E-state index contributed by atoms with van der Waals surface area (Å²) in [5.41, 5.74) is 0.662. The topological polar surface area (TPSA) is 0 Å². The van der Waals surface area contributed by atoms with Gasteiger partial charge in [0, 0.05) is 0 Å². The first kappa shape index (κ1) is 13.0. The molecule has 0 spiro atoms. The van der Waals surface area contributed by atoms with Gasteiger partial charge < -0.3 is 0 Å². The fraction of sp³-hybridized carbons (Fsp3) is 1.00. The zero-order valence-electron chi connectivity index (χ0n) is 10.3. The predicted molar refractivity (Wildman–Crippen MR) is 62.0 cm³/mol. The fourth-order valence-electron chi connectivity index (χ4n) is 2.17. The summed E-state index contributed by atoms with van der Waals surface area (Å²) in [4.78, 5) is 0. The minimum absolute atomic E-state index is 0.662. The molecule has 0 heteroatoms. The van der Waals surface area contributed by atoms with E-state index in [2.05, 4.69) is 34.6 Å². The molecule has 0 saturated heterocycles. The second kappa shape index (κ2) is 6.45. The van der Waals surface area contributed by atoms with Gasteiger partial charge in [-0.3, -0.25) is 0 Å². The van der Waals surface area contributed by atoms with E-state index in [4.69, 9.17) is 0 Å². The van der Waals surface area contributed by atoms with Crippen LogP contribution >= 0.6 is 0 Å². The third kappa shape index (κ3) is 4.69. The molecule has 0 aliphatic carbocycles. The van der Waals surface area contributed by atoms with Gasteiger partial charge in [0.25, 0.3) is 0 Å². The first-order chi connectivity index (χ1) is 6.10. The highest BCUT2D eigenvalue weighted by atomic mass is 14.3. The summed E-state index contributed by atoms with van der Waals surface area (Å²) in [6.07, 6.45) is 8.35. The van der Waals surface area contributed by atoms with Gasteiger partial charge in [-0.15, -0.1) is 0 Å². The lowest BCUT2D eigenvalue weighted by Crippen LogP contribution is -2.17. The number of hydrogen-bond acceptors (Lipinski definition) is 0. The second-order valence-corrected chi connectivity index (χ2v) is 4.85. The van der Waals surface area contributed by atoms with E-state index in [9.17, 15) is 0 Å². The van der Waals surface area contributed by atoms with Gasteiger partial charge in [0.05, 0.1) is 0 Å². The highest BCUT2D eigenvalue weighted by Gasteiger charge is 2.22. The monoisotopic (exact) mass is 184 g/mol. The fourth-order valence-corrected chi connectivity index (χ4v) is 2.17. The van der Waals surface area contributed by atoms with E-state index in [1.807, 2.05) is 0 Å². The minimum Gasteiger partial charge on any atom is -0.0649 e. The molecule has 0 heterocycles. The maximum absolute atomic E-state index is 2.35. The van der Waals surface area contributed by atoms with Crippen LogP contribution in [0.1, 0.15) is 73.1 Å². The van der Waals surface area contributed by atoms with Gasteiger partial charge >= 0.3 is 0 Å². The standard InChI is InChI=1S/C13H28/c1-6-13(7-2,8-3)11-9-10-12(4)5/h12H,6-11H2,1-5H3. The normalized spacial score (nSPS) is 12.5. The first-order valence-electron chi connectivity index (χ1n) is 6.10. The molecular formula is C13H28. The van der Waals surface area contributed by atoms with Crippen molar-refractivity contribution in [1.29, 1.82) is 0 Å². The van der Waals surface area contributed by atoms with E-state index >= 15 is 0 Å². The van der Waals surface area contributed by atoms with Crippen molar-refractivity contribution in [2.45, 2.75) is 73.1 Å². The van der Waals surface area contributed by atoms with Crippen molar-refractivity contribution in [2.24, 2.45) is 11.3 Å². The Hall–Kier alpha value is 0. The molecule has 0 atom stereocenters. The van der Waals surface area contributed by atoms with Crippen molar-refractivity contribution in [2.75, 3.05) is 0 Å². The van der Waals surface area contributed by atoms with Crippen LogP contribution in [0.3, 0.4) is 0 Å². The largest absolute Gasteiger partial charge is 0.0649 e. The molecule has 0 fully saturated rings. The average Bonchev–Trinajstić information content (AvgIpc) is 2.13. The highest BCUT2D eigenvalue weighted by Crippen LogP contribution is 2.36. The molecule has 0 aliphatic rings. The van der Waals surface area contributed by atoms with Crippen LogP contribution in [0.4, 0.5) is 0 Å². The van der Waals surface area contributed by atoms with Gasteiger partial charge in [-0.05, 0) is 17.8 Å². The van der Waals surface area contributed by atoms with Crippen molar-refractivity contribution in [1.82, 2.24) is 0 Å². The maximum Gasteiger partial charge on any atom is -0.0305 e. The zero-order chi connectivity index (χ0) is 10.3. The molecule has 0 unspecified atom stereocenters.